The maximum atomic E-state index is 11.6. The van der Waals surface area contributed by atoms with Crippen LogP contribution >= 0.6 is 11.8 Å². The topological polar surface area (TPSA) is 135 Å². The monoisotopic (exact) mass is 498 g/mol. The molecule has 0 aliphatic carbocycles. The van der Waals surface area contributed by atoms with Crippen molar-refractivity contribution in [2.45, 2.75) is 35.8 Å². The van der Waals surface area contributed by atoms with Gasteiger partial charge in [0.1, 0.15) is 42.2 Å². The maximum absolute atomic E-state index is 11.6. The van der Waals surface area contributed by atoms with E-state index >= 15 is 0 Å². The number of nitrogens with one attached hydrogen (secondary N) is 2. The molecular weight excluding hydrogens is 472 g/mol. The molecule has 2 aliphatic rings. The number of anilines is 1. The lowest BCUT2D eigenvalue weighted by atomic mass is 9.98. The second kappa shape index (κ2) is 10.3. The Balaban J connectivity index is 1.18. The predicted octanol–water partition coefficient (Wildman–Crippen LogP) is 1.34. The van der Waals surface area contributed by atoms with E-state index in [0.29, 0.717) is 35.3 Å². The number of rotatable bonds is 7. The molecule has 4 N–H and O–H groups in total. The van der Waals surface area contributed by atoms with Crippen LogP contribution in [0.4, 0.5) is 5.82 Å². The number of methoxy groups -OCH3 is 1. The minimum absolute atomic E-state index is 0.0605. The number of fused-ring (bicyclic) bond motifs is 2. The lowest BCUT2D eigenvalue weighted by Gasteiger charge is -2.37. The SMILES string of the molecule is COc1ccc2nccc(OC[C@H]3OC[C@H](NCc4ccc5c(n4)NC(=O)CS5)[C@H](O)[C@@H]3O)c2c1. The highest BCUT2D eigenvalue weighted by Crippen LogP contribution is 2.30. The minimum Gasteiger partial charge on any atom is -0.497 e. The number of thioether (sulfide) groups is 1. The van der Waals surface area contributed by atoms with Crippen molar-refractivity contribution in [3.05, 3.63) is 48.3 Å². The van der Waals surface area contributed by atoms with Crippen LogP contribution in [0.3, 0.4) is 0 Å². The summed E-state index contributed by atoms with van der Waals surface area (Å²) in [5.74, 6) is 2.12. The highest BCUT2D eigenvalue weighted by Gasteiger charge is 2.38. The summed E-state index contributed by atoms with van der Waals surface area (Å²) in [4.78, 5) is 21.3. The molecule has 0 bridgehead atoms. The van der Waals surface area contributed by atoms with E-state index < -0.39 is 24.4 Å². The van der Waals surface area contributed by atoms with Gasteiger partial charge in [-0.15, -0.1) is 11.8 Å². The fourth-order valence-electron chi connectivity index (χ4n) is 4.07. The van der Waals surface area contributed by atoms with Crippen molar-refractivity contribution in [1.29, 1.82) is 0 Å². The number of aliphatic hydroxyl groups is 2. The molecule has 10 nitrogen and oxygen atoms in total. The molecule has 184 valence electrons. The summed E-state index contributed by atoms with van der Waals surface area (Å²) in [6, 6.07) is 10.5. The van der Waals surface area contributed by atoms with Crippen LogP contribution in [0.5, 0.6) is 11.5 Å². The summed E-state index contributed by atoms with van der Waals surface area (Å²) in [6.45, 7) is 0.595. The predicted molar refractivity (Wildman–Crippen MR) is 130 cm³/mol. The summed E-state index contributed by atoms with van der Waals surface area (Å²) in [6.07, 6.45) is -1.25. The van der Waals surface area contributed by atoms with Gasteiger partial charge in [0.25, 0.3) is 0 Å². The van der Waals surface area contributed by atoms with Gasteiger partial charge in [0.15, 0.2) is 0 Å². The van der Waals surface area contributed by atoms with Crippen molar-refractivity contribution in [1.82, 2.24) is 15.3 Å². The van der Waals surface area contributed by atoms with Crippen molar-refractivity contribution >= 4 is 34.4 Å². The first-order valence-electron chi connectivity index (χ1n) is 11.2. The summed E-state index contributed by atoms with van der Waals surface area (Å²) < 4.78 is 17.1. The van der Waals surface area contributed by atoms with E-state index in [9.17, 15) is 15.0 Å². The third-order valence-corrected chi connectivity index (χ3v) is 7.07. The van der Waals surface area contributed by atoms with Gasteiger partial charge in [-0.3, -0.25) is 9.78 Å². The standard InChI is InChI=1S/C24H26N4O6S/c1-32-14-3-4-16-15(8-14)18(6-7-25-16)34-11-19-23(31)22(30)17(10-33-19)26-9-13-2-5-20-24(27-13)28-21(29)12-35-20/h2-8,17,19,22-23,26,30-31H,9-12H2,1H3,(H,27,28,29)/t17-,19+,22-,23+/m0/s1. The number of carbonyl (C=O) groups excluding carboxylic acids is 1. The summed E-state index contributed by atoms with van der Waals surface area (Å²) in [5, 5.41) is 28.1. The summed E-state index contributed by atoms with van der Waals surface area (Å²) in [7, 11) is 1.59. The molecule has 11 heteroatoms. The van der Waals surface area contributed by atoms with Crippen LogP contribution in [0.15, 0.2) is 47.5 Å². The third kappa shape index (κ3) is 5.19. The maximum Gasteiger partial charge on any atom is 0.235 e. The van der Waals surface area contributed by atoms with E-state index in [4.69, 9.17) is 14.2 Å². The Bertz CT molecular complexity index is 1230. The highest BCUT2D eigenvalue weighted by molar-refractivity contribution is 8.00. The van der Waals surface area contributed by atoms with E-state index in [0.717, 1.165) is 15.8 Å². The first kappa shape index (κ1) is 23.8. The molecule has 4 heterocycles. The first-order valence-corrected chi connectivity index (χ1v) is 12.2. The Morgan fingerprint density at radius 3 is 2.97 bits per heavy atom. The molecule has 35 heavy (non-hydrogen) atoms. The Morgan fingerprint density at radius 2 is 2.11 bits per heavy atom. The molecule has 3 aromatic rings. The van der Waals surface area contributed by atoms with Crippen LogP contribution in [0.1, 0.15) is 5.69 Å². The van der Waals surface area contributed by atoms with E-state index in [1.807, 2.05) is 30.3 Å². The van der Waals surface area contributed by atoms with E-state index in [1.165, 1.54) is 11.8 Å². The number of hydrogen-bond acceptors (Lipinski definition) is 10. The first-order chi connectivity index (χ1) is 17.0. The van der Waals surface area contributed by atoms with Crippen molar-refractivity contribution in [2.75, 3.05) is 31.4 Å². The number of benzene rings is 1. The van der Waals surface area contributed by atoms with Gasteiger partial charge in [-0.1, -0.05) is 0 Å². The fraction of sp³-hybridized carbons (Fsp3) is 0.375. The van der Waals surface area contributed by atoms with Crippen molar-refractivity contribution in [2.24, 2.45) is 0 Å². The Morgan fingerprint density at radius 1 is 1.23 bits per heavy atom. The molecule has 5 rings (SSSR count). The van der Waals surface area contributed by atoms with E-state index in [2.05, 4.69) is 20.6 Å². The van der Waals surface area contributed by atoms with Crippen LogP contribution in [-0.4, -0.2) is 76.5 Å². The molecule has 1 fully saturated rings. The summed E-state index contributed by atoms with van der Waals surface area (Å²) >= 11 is 1.45. The third-order valence-electron chi connectivity index (χ3n) is 6.02. The lowest BCUT2D eigenvalue weighted by molar-refractivity contribution is -0.159. The average molecular weight is 499 g/mol. The number of pyridine rings is 2. The smallest absolute Gasteiger partial charge is 0.235 e. The van der Waals surface area contributed by atoms with Gasteiger partial charge in [0, 0.05) is 18.1 Å². The van der Waals surface area contributed by atoms with Gasteiger partial charge in [0.2, 0.25) is 5.91 Å². The number of hydrogen-bond donors (Lipinski definition) is 4. The summed E-state index contributed by atoms with van der Waals surface area (Å²) in [5.41, 5.74) is 1.46. The highest BCUT2D eigenvalue weighted by atomic mass is 32.2. The molecule has 2 aliphatic heterocycles. The van der Waals surface area contributed by atoms with Crippen LogP contribution in [-0.2, 0) is 16.1 Å². The minimum atomic E-state index is -1.14. The number of carbonyl (C=O) groups is 1. The van der Waals surface area contributed by atoms with Crippen molar-refractivity contribution in [3.8, 4) is 11.5 Å². The Kier molecular flexibility index (Phi) is 7.02. The van der Waals surface area contributed by atoms with Crippen LogP contribution in [0, 0.1) is 0 Å². The lowest BCUT2D eigenvalue weighted by Crippen LogP contribution is -2.59. The molecule has 2 aromatic heterocycles. The van der Waals surface area contributed by atoms with E-state index in [1.54, 1.807) is 19.4 Å². The van der Waals surface area contributed by atoms with Gasteiger partial charge in [-0.2, -0.15) is 0 Å². The molecule has 0 radical (unpaired) electrons. The van der Waals surface area contributed by atoms with Crippen molar-refractivity contribution in [3.63, 3.8) is 0 Å². The quantitative estimate of drug-likeness (QED) is 0.378. The molecule has 1 amide bonds. The zero-order valence-electron chi connectivity index (χ0n) is 19.0. The largest absolute Gasteiger partial charge is 0.497 e. The molecule has 1 aromatic carbocycles. The zero-order valence-corrected chi connectivity index (χ0v) is 19.8. The molecule has 0 spiro atoms. The average Bonchev–Trinajstić information content (AvgIpc) is 2.88. The Hall–Kier alpha value is -2.96. The van der Waals surface area contributed by atoms with Crippen LogP contribution < -0.4 is 20.1 Å². The van der Waals surface area contributed by atoms with Gasteiger partial charge < -0.3 is 35.1 Å². The normalized spacial score (nSPS) is 24.0. The number of ether oxygens (including phenoxy) is 3. The van der Waals surface area contributed by atoms with Gasteiger partial charge in [-0.05, 0) is 36.4 Å². The zero-order chi connectivity index (χ0) is 24.4. The van der Waals surface area contributed by atoms with Crippen LogP contribution in [0.2, 0.25) is 0 Å². The van der Waals surface area contributed by atoms with Gasteiger partial charge in [-0.25, -0.2) is 4.98 Å². The Labute approximate surface area is 206 Å². The van der Waals surface area contributed by atoms with E-state index in [-0.39, 0.29) is 19.1 Å². The number of aliphatic hydroxyl groups excluding tert-OH is 2. The molecule has 1 saturated heterocycles. The molecular formula is C24H26N4O6S. The molecule has 0 unspecified atom stereocenters. The molecule has 0 saturated carbocycles. The number of amides is 1. The van der Waals surface area contributed by atoms with Gasteiger partial charge in [0.05, 0.1) is 41.6 Å². The fourth-order valence-corrected chi connectivity index (χ4v) is 4.83. The van der Waals surface area contributed by atoms with Crippen molar-refractivity contribution < 1.29 is 29.2 Å². The second-order valence-electron chi connectivity index (χ2n) is 8.33. The second-order valence-corrected chi connectivity index (χ2v) is 9.35. The van der Waals surface area contributed by atoms with Gasteiger partial charge >= 0.3 is 0 Å². The van der Waals surface area contributed by atoms with Crippen LogP contribution in [0.25, 0.3) is 10.9 Å². The number of nitrogens with zero attached hydrogens (tertiary/aromatic N) is 2. The molecule has 4 atom stereocenters. The number of aromatic nitrogens is 2.